The van der Waals surface area contributed by atoms with Gasteiger partial charge in [0.05, 0.1) is 12.2 Å². The van der Waals surface area contributed by atoms with Gasteiger partial charge in [-0.05, 0) is 30.5 Å². The van der Waals surface area contributed by atoms with E-state index >= 15 is 0 Å². The van der Waals surface area contributed by atoms with Gasteiger partial charge in [0.1, 0.15) is 0 Å². The maximum atomic E-state index is 11.6. The third-order valence-corrected chi connectivity index (χ3v) is 2.03. The van der Waals surface area contributed by atoms with Gasteiger partial charge in [0, 0.05) is 5.69 Å². The van der Waals surface area contributed by atoms with Crippen LogP contribution < -0.4 is 5.73 Å². The van der Waals surface area contributed by atoms with Crippen LogP contribution in [0.5, 0.6) is 0 Å². The summed E-state index contributed by atoms with van der Waals surface area (Å²) in [6, 6.07) is 5.24. The van der Waals surface area contributed by atoms with Crippen molar-refractivity contribution in [2.24, 2.45) is 5.92 Å². The molecule has 0 spiro atoms. The molecule has 1 aromatic carbocycles. The first-order valence-corrected chi connectivity index (χ1v) is 5.04. The van der Waals surface area contributed by atoms with Crippen LogP contribution in [0.2, 0.25) is 0 Å². The Hall–Kier alpha value is -1.51. The number of hydrogen-bond donors (Lipinski definition) is 1. The van der Waals surface area contributed by atoms with E-state index in [0.717, 1.165) is 5.56 Å². The first-order chi connectivity index (χ1) is 7.00. The number of carbonyl (C=O) groups is 1. The van der Waals surface area contributed by atoms with Crippen LogP contribution in [0.25, 0.3) is 0 Å². The van der Waals surface area contributed by atoms with Gasteiger partial charge in [-0.25, -0.2) is 4.79 Å². The molecule has 2 N–H and O–H groups in total. The van der Waals surface area contributed by atoms with Crippen LogP contribution in [0.3, 0.4) is 0 Å². The molecular weight excluding hydrogens is 190 g/mol. The van der Waals surface area contributed by atoms with Crippen LogP contribution in [0.1, 0.15) is 29.8 Å². The van der Waals surface area contributed by atoms with Gasteiger partial charge in [0.15, 0.2) is 0 Å². The molecule has 0 fully saturated rings. The molecule has 0 amide bonds. The first-order valence-electron chi connectivity index (χ1n) is 5.04. The van der Waals surface area contributed by atoms with E-state index in [-0.39, 0.29) is 5.97 Å². The lowest BCUT2D eigenvalue weighted by Crippen LogP contribution is -2.11. The molecule has 0 radical (unpaired) electrons. The second kappa shape index (κ2) is 4.82. The summed E-state index contributed by atoms with van der Waals surface area (Å²) in [6.07, 6.45) is 0. The molecule has 82 valence electrons. The van der Waals surface area contributed by atoms with Gasteiger partial charge < -0.3 is 10.5 Å². The zero-order valence-corrected chi connectivity index (χ0v) is 9.41. The number of nitrogens with two attached hydrogens (primary N) is 1. The number of benzene rings is 1. The first kappa shape index (κ1) is 11.6. The smallest absolute Gasteiger partial charge is 0.338 e. The minimum atomic E-state index is -0.298. The average Bonchev–Trinajstić information content (AvgIpc) is 2.18. The Balaban J connectivity index is 2.77. The Morgan fingerprint density at radius 1 is 1.47 bits per heavy atom. The largest absolute Gasteiger partial charge is 0.462 e. The van der Waals surface area contributed by atoms with Gasteiger partial charge >= 0.3 is 5.97 Å². The van der Waals surface area contributed by atoms with E-state index in [0.29, 0.717) is 23.8 Å². The van der Waals surface area contributed by atoms with Crippen molar-refractivity contribution in [3.63, 3.8) is 0 Å². The van der Waals surface area contributed by atoms with Crippen LogP contribution in [0.15, 0.2) is 18.2 Å². The zero-order chi connectivity index (χ0) is 11.4. The highest BCUT2D eigenvalue weighted by Crippen LogP contribution is 2.14. The van der Waals surface area contributed by atoms with Gasteiger partial charge in [-0.15, -0.1) is 0 Å². The summed E-state index contributed by atoms with van der Waals surface area (Å²) in [7, 11) is 0. The second-order valence-electron chi connectivity index (χ2n) is 4.07. The molecule has 0 aliphatic carbocycles. The molecule has 1 rings (SSSR count). The van der Waals surface area contributed by atoms with Gasteiger partial charge in [0.2, 0.25) is 0 Å². The Kier molecular flexibility index (Phi) is 3.72. The fraction of sp³-hybridized carbons (Fsp3) is 0.417. The molecule has 0 aliphatic heterocycles. The second-order valence-corrected chi connectivity index (χ2v) is 4.07. The third kappa shape index (κ3) is 3.27. The van der Waals surface area contributed by atoms with E-state index < -0.39 is 0 Å². The molecule has 0 saturated carbocycles. The summed E-state index contributed by atoms with van der Waals surface area (Å²) in [4.78, 5) is 11.6. The van der Waals surface area contributed by atoms with Crippen molar-refractivity contribution in [1.29, 1.82) is 0 Å². The SMILES string of the molecule is Cc1ccc(N)cc1C(=O)OCC(C)C. The van der Waals surface area contributed by atoms with Crippen molar-refractivity contribution in [1.82, 2.24) is 0 Å². The average molecular weight is 207 g/mol. The highest BCUT2D eigenvalue weighted by Gasteiger charge is 2.11. The topological polar surface area (TPSA) is 52.3 Å². The highest BCUT2D eigenvalue weighted by atomic mass is 16.5. The normalized spacial score (nSPS) is 10.4. The summed E-state index contributed by atoms with van der Waals surface area (Å²) < 4.78 is 5.13. The summed E-state index contributed by atoms with van der Waals surface area (Å²) in [5.41, 5.74) is 7.63. The summed E-state index contributed by atoms with van der Waals surface area (Å²) in [5.74, 6) is 0.0452. The number of aryl methyl sites for hydroxylation is 1. The molecular formula is C12H17NO2. The van der Waals surface area contributed by atoms with Crippen molar-refractivity contribution in [2.45, 2.75) is 20.8 Å². The Morgan fingerprint density at radius 2 is 2.13 bits per heavy atom. The van der Waals surface area contributed by atoms with Crippen molar-refractivity contribution in [2.75, 3.05) is 12.3 Å². The molecule has 15 heavy (non-hydrogen) atoms. The van der Waals surface area contributed by atoms with E-state index in [1.807, 2.05) is 26.8 Å². The lowest BCUT2D eigenvalue weighted by Gasteiger charge is -2.09. The molecule has 0 aromatic heterocycles. The number of esters is 1. The number of anilines is 1. The van der Waals surface area contributed by atoms with Gasteiger partial charge in [-0.1, -0.05) is 19.9 Å². The summed E-state index contributed by atoms with van der Waals surface area (Å²) >= 11 is 0. The number of ether oxygens (including phenoxy) is 1. The van der Waals surface area contributed by atoms with Gasteiger partial charge in [-0.2, -0.15) is 0 Å². The number of nitrogen functional groups attached to an aromatic ring is 1. The maximum absolute atomic E-state index is 11.6. The molecule has 3 nitrogen and oxygen atoms in total. The number of rotatable bonds is 3. The van der Waals surface area contributed by atoms with E-state index in [4.69, 9.17) is 10.5 Å². The molecule has 0 unspecified atom stereocenters. The van der Waals surface area contributed by atoms with Crippen molar-refractivity contribution in [3.8, 4) is 0 Å². The monoisotopic (exact) mass is 207 g/mol. The third-order valence-electron chi connectivity index (χ3n) is 2.03. The van der Waals surface area contributed by atoms with E-state index in [1.165, 1.54) is 0 Å². The van der Waals surface area contributed by atoms with Crippen LogP contribution in [0, 0.1) is 12.8 Å². The van der Waals surface area contributed by atoms with E-state index in [9.17, 15) is 4.79 Å². The van der Waals surface area contributed by atoms with Crippen LogP contribution in [-0.4, -0.2) is 12.6 Å². The van der Waals surface area contributed by atoms with Crippen LogP contribution >= 0.6 is 0 Å². The van der Waals surface area contributed by atoms with Crippen LogP contribution in [0.4, 0.5) is 5.69 Å². The predicted octanol–water partition coefficient (Wildman–Crippen LogP) is 2.39. The summed E-state index contributed by atoms with van der Waals surface area (Å²) in [6.45, 7) is 6.30. The lowest BCUT2D eigenvalue weighted by molar-refractivity contribution is 0.0458. The summed E-state index contributed by atoms with van der Waals surface area (Å²) in [5, 5.41) is 0. The van der Waals surface area contributed by atoms with E-state index in [2.05, 4.69) is 0 Å². The van der Waals surface area contributed by atoms with Crippen LogP contribution in [-0.2, 0) is 4.74 Å². The Morgan fingerprint density at radius 3 is 2.73 bits per heavy atom. The fourth-order valence-electron chi connectivity index (χ4n) is 1.18. The quantitative estimate of drug-likeness (QED) is 0.611. The molecule has 3 heteroatoms. The predicted molar refractivity (Wildman–Crippen MR) is 60.7 cm³/mol. The number of hydrogen-bond acceptors (Lipinski definition) is 3. The van der Waals surface area contributed by atoms with Crippen molar-refractivity contribution >= 4 is 11.7 Å². The molecule has 0 atom stereocenters. The standard InChI is InChI=1S/C12H17NO2/c1-8(2)7-15-12(14)11-6-10(13)5-4-9(11)3/h4-6,8H,7,13H2,1-3H3. The maximum Gasteiger partial charge on any atom is 0.338 e. The Labute approximate surface area is 90.2 Å². The minimum absolute atomic E-state index is 0.298. The van der Waals surface area contributed by atoms with E-state index in [1.54, 1.807) is 12.1 Å². The number of carbonyl (C=O) groups excluding carboxylic acids is 1. The zero-order valence-electron chi connectivity index (χ0n) is 9.41. The van der Waals surface area contributed by atoms with Crippen molar-refractivity contribution < 1.29 is 9.53 Å². The highest BCUT2D eigenvalue weighted by molar-refractivity contribution is 5.92. The molecule has 0 aliphatic rings. The minimum Gasteiger partial charge on any atom is -0.462 e. The molecule has 0 bridgehead atoms. The van der Waals surface area contributed by atoms with Crippen molar-refractivity contribution in [3.05, 3.63) is 29.3 Å². The Bertz CT molecular complexity index is 359. The molecule has 0 heterocycles. The lowest BCUT2D eigenvalue weighted by atomic mass is 10.1. The van der Waals surface area contributed by atoms with Gasteiger partial charge in [0.25, 0.3) is 0 Å². The fourth-order valence-corrected chi connectivity index (χ4v) is 1.18. The molecule has 0 saturated heterocycles. The molecule has 1 aromatic rings. The van der Waals surface area contributed by atoms with Gasteiger partial charge in [-0.3, -0.25) is 0 Å².